The van der Waals surface area contributed by atoms with Crippen molar-refractivity contribution in [3.63, 3.8) is 0 Å². The number of anilines is 1. The van der Waals surface area contributed by atoms with E-state index in [9.17, 15) is 9.18 Å². The van der Waals surface area contributed by atoms with Gasteiger partial charge >= 0.3 is 0 Å². The second-order valence-electron chi connectivity index (χ2n) is 5.77. The average molecular weight is 373 g/mol. The Morgan fingerprint density at radius 1 is 1.20 bits per heavy atom. The number of hydrogen-bond acceptors (Lipinski definition) is 5. The molecule has 0 spiro atoms. The van der Waals surface area contributed by atoms with Crippen LogP contribution in [0.1, 0.15) is 4.88 Å². The van der Waals surface area contributed by atoms with Crippen molar-refractivity contribution in [3.8, 4) is 0 Å². The Bertz CT molecular complexity index is 912. The van der Waals surface area contributed by atoms with Gasteiger partial charge in [0.2, 0.25) is 5.91 Å². The van der Waals surface area contributed by atoms with E-state index in [2.05, 4.69) is 9.88 Å². The Labute approximate surface area is 152 Å². The standard InChI is InChI=1S/C18H16FN3OS2/c19-13-3-5-15-16(12-13)25-18(20-15)22-9-7-21(8-10-22)17(23)6-4-14-2-1-11-24-14/h1-6,11-12H,7-10H2/b6-4+. The van der Waals surface area contributed by atoms with Gasteiger partial charge in [-0.05, 0) is 35.7 Å². The number of thiazole rings is 1. The van der Waals surface area contributed by atoms with E-state index in [1.54, 1.807) is 23.5 Å². The van der Waals surface area contributed by atoms with Gasteiger partial charge in [-0.15, -0.1) is 11.3 Å². The molecule has 1 amide bonds. The maximum absolute atomic E-state index is 13.3. The normalized spacial score (nSPS) is 15.4. The van der Waals surface area contributed by atoms with E-state index in [0.29, 0.717) is 13.1 Å². The van der Waals surface area contributed by atoms with Crippen molar-refractivity contribution < 1.29 is 9.18 Å². The molecule has 0 unspecified atom stereocenters. The van der Waals surface area contributed by atoms with Crippen LogP contribution in [0, 0.1) is 5.82 Å². The third-order valence-corrected chi connectivity index (χ3v) is 6.05. The summed E-state index contributed by atoms with van der Waals surface area (Å²) in [5.41, 5.74) is 0.818. The highest BCUT2D eigenvalue weighted by molar-refractivity contribution is 7.22. The van der Waals surface area contributed by atoms with Crippen LogP contribution < -0.4 is 4.90 Å². The topological polar surface area (TPSA) is 36.4 Å². The monoisotopic (exact) mass is 373 g/mol. The first-order valence-corrected chi connectivity index (χ1v) is 9.70. The molecule has 0 N–H and O–H groups in total. The number of halogens is 1. The van der Waals surface area contributed by atoms with E-state index in [1.807, 2.05) is 28.5 Å². The Morgan fingerprint density at radius 2 is 2.04 bits per heavy atom. The number of aromatic nitrogens is 1. The Morgan fingerprint density at radius 3 is 2.80 bits per heavy atom. The van der Waals surface area contributed by atoms with Crippen molar-refractivity contribution in [2.45, 2.75) is 0 Å². The quantitative estimate of drug-likeness (QED) is 0.654. The van der Waals surface area contributed by atoms with Gasteiger partial charge in [0.25, 0.3) is 0 Å². The molecule has 0 aliphatic carbocycles. The second-order valence-corrected chi connectivity index (χ2v) is 7.76. The molecule has 128 valence electrons. The Hall–Kier alpha value is -2.25. The van der Waals surface area contributed by atoms with Crippen molar-refractivity contribution in [3.05, 3.63) is 52.5 Å². The Balaban J connectivity index is 1.39. The number of carbonyl (C=O) groups is 1. The fraction of sp³-hybridized carbons (Fsp3) is 0.222. The minimum atomic E-state index is -0.240. The first kappa shape index (κ1) is 16.2. The fourth-order valence-electron chi connectivity index (χ4n) is 2.78. The molecule has 1 fully saturated rings. The van der Waals surface area contributed by atoms with Crippen LogP contribution in [-0.2, 0) is 4.79 Å². The summed E-state index contributed by atoms with van der Waals surface area (Å²) in [4.78, 5) is 22.0. The number of thiophene rings is 1. The number of hydrogen-bond donors (Lipinski definition) is 0. The van der Waals surface area contributed by atoms with Crippen molar-refractivity contribution in [2.75, 3.05) is 31.1 Å². The molecule has 0 atom stereocenters. The lowest BCUT2D eigenvalue weighted by Gasteiger charge is -2.34. The third-order valence-electron chi connectivity index (χ3n) is 4.13. The maximum atomic E-state index is 13.3. The van der Waals surface area contributed by atoms with Gasteiger partial charge in [0.05, 0.1) is 10.2 Å². The number of fused-ring (bicyclic) bond motifs is 1. The zero-order valence-electron chi connectivity index (χ0n) is 13.4. The SMILES string of the molecule is O=C(/C=C/c1cccs1)N1CCN(c2nc3ccc(F)cc3s2)CC1. The average Bonchev–Trinajstić information content (AvgIpc) is 3.29. The van der Waals surface area contributed by atoms with E-state index in [-0.39, 0.29) is 11.7 Å². The summed E-state index contributed by atoms with van der Waals surface area (Å²) in [6.07, 6.45) is 3.50. The highest BCUT2D eigenvalue weighted by Crippen LogP contribution is 2.29. The zero-order chi connectivity index (χ0) is 17.2. The van der Waals surface area contributed by atoms with Crippen LogP contribution in [0.5, 0.6) is 0 Å². The molecule has 3 aromatic rings. The molecule has 1 aliphatic heterocycles. The largest absolute Gasteiger partial charge is 0.345 e. The number of rotatable bonds is 3. The summed E-state index contributed by atoms with van der Waals surface area (Å²) < 4.78 is 14.2. The van der Waals surface area contributed by atoms with Crippen molar-refractivity contribution in [1.82, 2.24) is 9.88 Å². The lowest BCUT2D eigenvalue weighted by Crippen LogP contribution is -2.48. The van der Waals surface area contributed by atoms with E-state index in [1.165, 1.54) is 23.5 Å². The number of carbonyl (C=O) groups excluding carboxylic acids is 1. The van der Waals surface area contributed by atoms with Crippen molar-refractivity contribution in [2.24, 2.45) is 0 Å². The van der Waals surface area contributed by atoms with Crippen LogP contribution in [0.25, 0.3) is 16.3 Å². The van der Waals surface area contributed by atoms with Crippen LogP contribution in [0.15, 0.2) is 41.8 Å². The smallest absolute Gasteiger partial charge is 0.246 e. The Kier molecular flexibility index (Phi) is 4.50. The van der Waals surface area contributed by atoms with Gasteiger partial charge in [0.15, 0.2) is 5.13 Å². The van der Waals surface area contributed by atoms with Crippen LogP contribution >= 0.6 is 22.7 Å². The molecule has 25 heavy (non-hydrogen) atoms. The summed E-state index contributed by atoms with van der Waals surface area (Å²) in [5, 5.41) is 2.88. The van der Waals surface area contributed by atoms with Crippen molar-refractivity contribution in [1.29, 1.82) is 0 Å². The van der Waals surface area contributed by atoms with Gasteiger partial charge in [0, 0.05) is 37.1 Å². The fourth-order valence-corrected chi connectivity index (χ4v) is 4.44. The summed E-state index contributed by atoms with van der Waals surface area (Å²) in [7, 11) is 0. The third kappa shape index (κ3) is 3.57. The number of amides is 1. The van der Waals surface area contributed by atoms with Crippen LogP contribution in [0.2, 0.25) is 0 Å². The van der Waals surface area contributed by atoms with Crippen LogP contribution in [-0.4, -0.2) is 42.0 Å². The van der Waals surface area contributed by atoms with Crippen LogP contribution in [0.3, 0.4) is 0 Å². The predicted octanol–water partition coefficient (Wildman–Crippen LogP) is 3.86. The molecular weight excluding hydrogens is 357 g/mol. The van der Waals surface area contributed by atoms with Gasteiger partial charge in [-0.1, -0.05) is 17.4 Å². The van der Waals surface area contributed by atoms with Gasteiger partial charge in [-0.25, -0.2) is 9.37 Å². The minimum absolute atomic E-state index is 0.0411. The first-order chi connectivity index (χ1) is 12.2. The summed E-state index contributed by atoms with van der Waals surface area (Å²) >= 11 is 3.11. The van der Waals surface area contributed by atoms with E-state index in [0.717, 1.165) is 33.3 Å². The molecule has 3 heterocycles. The van der Waals surface area contributed by atoms with Crippen LogP contribution in [0.4, 0.5) is 9.52 Å². The van der Waals surface area contributed by atoms with Crippen molar-refractivity contribution >= 4 is 50.0 Å². The highest BCUT2D eigenvalue weighted by atomic mass is 32.1. The molecule has 4 nitrogen and oxygen atoms in total. The number of piperazine rings is 1. The molecule has 2 aromatic heterocycles. The molecule has 0 bridgehead atoms. The lowest BCUT2D eigenvalue weighted by atomic mass is 10.3. The van der Waals surface area contributed by atoms with E-state index < -0.39 is 0 Å². The van der Waals surface area contributed by atoms with Gasteiger partial charge < -0.3 is 9.80 Å². The number of benzene rings is 1. The molecule has 0 radical (unpaired) electrons. The number of nitrogens with zero attached hydrogens (tertiary/aromatic N) is 3. The summed E-state index contributed by atoms with van der Waals surface area (Å²) in [6, 6.07) is 8.62. The molecule has 4 rings (SSSR count). The van der Waals surface area contributed by atoms with Gasteiger partial charge in [-0.2, -0.15) is 0 Å². The summed E-state index contributed by atoms with van der Waals surface area (Å²) in [6.45, 7) is 2.80. The molecule has 1 aromatic carbocycles. The predicted molar refractivity (Wildman–Crippen MR) is 102 cm³/mol. The molecule has 1 saturated heterocycles. The van der Waals surface area contributed by atoms with Gasteiger partial charge in [0.1, 0.15) is 5.82 Å². The first-order valence-electron chi connectivity index (χ1n) is 8.00. The summed E-state index contributed by atoms with van der Waals surface area (Å²) in [5.74, 6) is -0.199. The zero-order valence-corrected chi connectivity index (χ0v) is 15.0. The highest BCUT2D eigenvalue weighted by Gasteiger charge is 2.22. The molecular formula is C18H16FN3OS2. The maximum Gasteiger partial charge on any atom is 0.246 e. The van der Waals surface area contributed by atoms with E-state index >= 15 is 0 Å². The molecule has 7 heteroatoms. The lowest BCUT2D eigenvalue weighted by molar-refractivity contribution is -0.126. The molecule has 1 aliphatic rings. The van der Waals surface area contributed by atoms with E-state index in [4.69, 9.17) is 0 Å². The second kappa shape index (κ2) is 6.93. The van der Waals surface area contributed by atoms with Gasteiger partial charge in [-0.3, -0.25) is 4.79 Å². The minimum Gasteiger partial charge on any atom is -0.345 e. The molecule has 0 saturated carbocycles.